The molecule has 1 aromatic carbocycles. The number of pyridine rings is 1. The fourth-order valence-corrected chi connectivity index (χ4v) is 2.46. The molecule has 136 valence electrons. The normalized spacial score (nSPS) is 10.9. The van der Waals surface area contributed by atoms with Crippen LogP contribution in [0, 0.1) is 23.7 Å². The number of hydrogen-bond donors (Lipinski definition) is 1. The molecule has 1 amide bonds. The van der Waals surface area contributed by atoms with Crippen LogP contribution in [-0.2, 0) is 4.79 Å². The minimum atomic E-state index is -0.00680. The van der Waals surface area contributed by atoms with Gasteiger partial charge in [0.15, 0.2) is 0 Å². The Hall–Kier alpha value is -2.87. The Kier molecular flexibility index (Phi) is 6.35. The number of amides is 1. The molecule has 0 saturated carbocycles. The van der Waals surface area contributed by atoms with Crippen molar-refractivity contribution in [3.05, 3.63) is 47.7 Å². The zero-order valence-electron chi connectivity index (χ0n) is 15.8. The van der Waals surface area contributed by atoms with Crippen LogP contribution in [0.25, 0.3) is 0 Å². The first-order chi connectivity index (χ1) is 12.3. The van der Waals surface area contributed by atoms with E-state index in [1.165, 1.54) is 0 Å². The molecule has 1 heterocycles. The van der Waals surface area contributed by atoms with Gasteiger partial charge in [0.1, 0.15) is 5.75 Å². The maximum Gasteiger partial charge on any atom is 0.224 e. The van der Waals surface area contributed by atoms with E-state index in [-0.39, 0.29) is 11.3 Å². The maximum atomic E-state index is 12.0. The van der Waals surface area contributed by atoms with Crippen LogP contribution in [0.2, 0.25) is 0 Å². The number of hydrogen-bond acceptors (Lipinski definition) is 4. The number of nitrogens with zero attached hydrogens (tertiary/aromatic N) is 2. The van der Waals surface area contributed by atoms with Gasteiger partial charge in [-0.1, -0.05) is 20.8 Å². The zero-order valence-corrected chi connectivity index (χ0v) is 15.8. The summed E-state index contributed by atoms with van der Waals surface area (Å²) in [4.78, 5) is 16.2. The minimum absolute atomic E-state index is 0.00680. The van der Waals surface area contributed by atoms with E-state index in [2.05, 4.69) is 37.1 Å². The summed E-state index contributed by atoms with van der Waals surface area (Å²) in [7, 11) is 0. The summed E-state index contributed by atoms with van der Waals surface area (Å²) in [6, 6.07) is 10.8. The van der Waals surface area contributed by atoms with Crippen molar-refractivity contribution in [1.82, 2.24) is 4.98 Å². The first kappa shape index (κ1) is 19.5. The lowest BCUT2D eigenvalue weighted by atomic mass is 9.90. The van der Waals surface area contributed by atoms with Crippen LogP contribution in [0.3, 0.4) is 0 Å². The van der Waals surface area contributed by atoms with E-state index in [1.807, 2.05) is 6.92 Å². The van der Waals surface area contributed by atoms with E-state index in [4.69, 9.17) is 10.00 Å². The average molecular weight is 351 g/mol. The number of ether oxygens (including phenoxy) is 1. The summed E-state index contributed by atoms with van der Waals surface area (Å²) in [6.07, 6.45) is 3.95. The lowest BCUT2D eigenvalue weighted by Crippen LogP contribution is -2.13. The topological polar surface area (TPSA) is 75.0 Å². The van der Waals surface area contributed by atoms with Gasteiger partial charge in [0.05, 0.1) is 23.5 Å². The average Bonchev–Trinajstić information content (AvgIpc) is 2.57. The third-order valence-electron chi connectivity index (χ3n) is 3.87. The molecule has 5 nitrogen and oxygen atoms in total. The summed E-state index contributed by atoms with van der Waals surface area (Å²) in [5.74, 6) is 1.08. The molecule has 0 fully saturated rings. The SMILES string of the molecule is Cc1cc(C#N)ccc1Oc1ccc(NC(=O)CCCC(C)(C)C)cn1. The molecule has 26 heavy (non-hydrogen) atoms. The third kappa shape index (κ3) is 6.21. The van der Waals surface area contributed by atoms with Crippen LogP contribution in [-0.4, -0.2) is 10.9 Å². The Morgan fingerprint density at radius 2 is 2.04 bits per heavy atom. The van der Waals surface area contributed by atoms with Crippen LogP contribution in [0.1, 0.15) is 51.2 Å². The van der Waals surface area contributed by atoms with E-state index >= 15 is 0 Å². The molecule has 0 bridgehead atoms. The largest absolute Gasteiger partial charge is 0.439 e. The van der Waals surface area contributed by atoms with Crippen LogP contribution >= 0.6 is 0 Å². The molecule has 0 aliphatic carbocycles. The lowest BCUT2D eigenvalue weighted by molar-refractivity contribution is -0.116. The Labute approximate surface area is 155 Å². The highest BCUT2D eigenvalue weighted by Crippen LogP contribution is 2.25. The standard InChI is InChI=1S/C21H25N3O2/c1-15-12-16(13-22)7-9-18(15)26-20-10-8-17(14-23-20)24-19(25)6-5-11-21(2,3)4/h7-10,12,14H,5-6,11H2,1-4H3,(H,24,25). The Morgan fingerprint density at radius 1 is 1.27 bits per heavy atom. The fraction of sp³-hybridized carbons (Fsp3) is 0.381. The number of carbonyl (C=O) groups is 1. The van der Waals surface area contributed by atoms with Gasteiger partial charge in [0.25, 0.3) is 0 Å². The number of nitriles is 1. The first-order valence-electron chi connectivity index (χ1n) is 8.71. The van der Waals surface area contributed by atoms with Crippen molar-refractivity contribution in [2.45, 2.75) is 47.0 Å². The monoisotopic (exact) mass is 351 g/mol. The molecule has 0 saturated heterocycles. The van der Waals surface area contributed by atoms with Gasteiger partial charge >= 0.3 is 0 Å². The number of carbonyl (C=O) groups excluding carboxylic acids is 1. The van der Waals surface area contributed by atoms with Crippen molar-refractivity contribution in [2.75, 3.05) is 5.32 Å². The van der Waals surface area contributed by atoms with Gasteiger partial charge < -0.3 is 10.1 Å². The van der Waals surface area contributed by atoms with Crippen molar-refractivity contribution in [3.8, 4) is 17.7 Å². The van der Waals surface area contributed by atoms with Crippen molar-refractivity contribution in [3.63, 3.8) is 0 Å². The summed E-state index contributed by atoms with van der Waals surface area (Å²) in [6.45, 7) is 8.39. The van der Waals surface area contributed by atoms with Crippen LogP contribution in [0.4, 0.5) is 5.69 Å². The highest BCUT2D eigenvalue weighted by atomic mass is 16.5. The van der Waals surface area contributed by atoms with Gasteiger partial charge in [-0.2, -0.15) is 5.26 Å². The smallest absolute Gasteiger partial charge is 0.224 e. The first-order valence-corrected chi connectivity index (χ1v) is 8.71. The molecule has 0 aliphatic heterocycles. The second-order valence-electron chi connectivity index (χ2n) is 7.54. The summed E-state index contributed by atoms with van der Waals surface area (Å²) < 4.78 is 5.74. The van der Waals surface area contributed by atoms with Gasteiger partial charge in [-0.05, 0) is 55.0 Å². The van der Waals surface area contributed by atoms with Crippen molar-refractivity contribution in [2.24, 2.45) is 5.41 Å². The molecular formula is C21H25N3O2. The van der Waals surface area contributed by atoms with E-state index in [0.29, 0.717) is 29.3 Å². The lowest BCUT2D eigenvalue weighted by Gasteiger charge is -2.17. The molecule has 5 heteroatoms. The Morgan fingerprint density at radius 3 is 2.62 bits per heavy atom. The van der Waals surface area contributed by atoms with Crippen LogP contribution in [0.15, 0.2) is 36.5 Å². The van der Waals surface area contributed by atoms with Crippen molar-refractivity contribution >= 4 is 11.6 Å². The number of anilines is 1. The second kappa shape index (κ2) is 8.48. The predicted octanol–water partition coefficient (Wildman–Crippen LogP) is 5.21. The van der Waals surface area contributed by atoms with E-state index in [9.17, 15) is 4.79 Å². The molecule has 1 aromatic heterocycles. The summed E-state index contributed by atoms with van der Waals surface area (Å²) >= 11 is 0. The Bertz CT molecular complexity index is 799. The molecule has 2 aromatic rings. The number of aromatic nitrogens is 1. The molecule has 0 aliphatic rings. The second-order valence-corrected chi connectivity index (χ2v) is 7.54. The van der Waals surface area contributed by atoms with Crippen LogP contribution in [0.5, 0.6) is 11.6 Å². The van der Waals surface area contributed by atoms with Crippen molar-refractivity contribution < 1.29 is 9.53 Å². The molecular weight excluding hydrogens is 326 g/mol. The highest BCUT2D eigenvalue weighted by Gasteiger charge is 2.11. The van der Waals surface area contributed by atoms with E-state index in [1.54, 1.807) is 36.5 Å². The number of rotatable bonds is 6. The number of benzene rings is 1. The molecule has 0 spiro atoms. The van der Waals surface area contributed by atoms with E-state index < -0.39 is 0 Å². The molecule has 0 radical (unpaired) electrons. The predicted molar refractivity (Wildman–Crippen MR) is 102 cm³/mol. The fourth-order valence-electron chi connectivity index (χ4n) is 2.46. The highest BCUT2D eigenvalue weighted by molar-refractivity contribution is 5.90. The molecule has 0 atom stereocenters. The quantitative estimate of drug-likeness (QED) is 0.775. The minimum Gasteiger partial charge on any atom is -0.439 e. The van der Waals surface area contributed by atoms with Gasteiger partial charge in [0.2, 0.25) is 11.8 Å². The number of aryl methyl sites for hydroxylation is 1. The molecule has 2 rings (SSSR count). The number of nitrogens with one attached hydrogen (secondary N) is 1. The summed E-state index contributed by atoms with van der Waals surface area (Å²) in [5, 5.41) is 11.8. The maximum absolute atomic E-state index is 12.0. The van der Waals surface area contributed by atoms with Gasteiger partial charge in [-0.25, -0.2) is 4.98 Å². The van der Waals surface area contributed by atoms with Gasteiger partial charge in [0, 0.05) is 12.5 Å². The molecule has 1 N–H and O–H groups in total. The zero-order chi connectivity index (χ0) is 19.2. The van der Waals surface area contributed by atoms with E-state index in [0.717, 1.165) is 18.4 Å². The molecule has 0 unspecified atom stereocenters. The Balaban J connectivity index is 1.90. The van der Waals surface area contributed by atoms with Gasteiger partial charge in [-0.3, -0.25) is 4.79 Å². The van der Waals surface area contributed by atoms with Crippen LogP contribution < -0.4 is 10.1 Å². The third-order valence-corrected chi connectivity index (χ3v) is 3.87. The summed E-state index contributed by atoms with van der Waals surface area (Å²) in [5.41, 5.74) is 2.34. The van der Waals surface area contributed by atoms with Gasteiger partial charge in [-0.15, -0.1) is 0 Å². The van der Waals surface area contributed by atoms with Crippen molar-refractivity contribution in [1.29, 1.82) is 5.26 Å².